The van der Waals surface area contributed by atoms with Crippen LogP contribution in [0.4, 0.5) is 0 Å². The second kappa shape index (κ2) is 6.89. The molecular formula is C14H26N4O2S. The molecule has 1 heterocycles. The molecule has 21 heavy (non-hydrogen) atoms. The van der Waals surface area contributed by atoms with Crippen LogP contribution in [0, 0.1) is 5.92 Å². The first-order chi connectivity index (χ1) is 9.92. The second-order valence-corrected chi connectivity index (χ2v) is 7.82. The first-order valence-corrected chi connectivity index (χ1v) is 9.18. The molecule has 1 aliphatic rings. The summed E-state index contributed by atoms with van der Waals surface area (Å²) in [6.45, 7) is 6.55. The summed E-state index contributed by atoms with van der Waals surface area (Å²) in [5.74, 6) is 0.696. The highest BCUT2D eigenvalue weighted by molar-refractivity contribution is 7.89. The summed E-state index contributed by atoms with van der Waals surface area (Å²) >= 11 is 0. The van der Waals surface area contributed by atoms with E-state index in [4.69, 9.17) is 0 Å². The van der Waals surface area contributed by atoms with E-state index in [1.165, 1.54) is 12.8 Å². The van der Waals surface area contributed by atoms with Crippen LogP contribution in [-0.4, -0.2) is 30.7 Å². The Morgan fingerprint density at radius 3 is 2.71 bits per heavy atom. The van der Waals surface area contributed by atoms with Crippen molar-refractivity contribution in [2.45, 2.75) is 70.1 Å². The summed E-state index contributed by atoms with van der Waals surface area (Å²) in [7, 11) is -3.53. The monoisotopic (exact) mass is 314 g/mol. The molecule has 1 aromatic rings. The van der Waals surface area contributed by atoms with Crippen molar-refractivity contribution in [1.82, 2.24) is 20.2 Å². The van der Waals surface area contributed by atoms with Gasteiger partial charge in [-0.3, -0.25) is 5.10 Å². The van der Waals surface area contributed by atoms with Gasteiger partial charge in [-0.25, -0.2) is 13.1 Å². The largest absolute Gasteiger partial charge is 0.310 e. The standard InChI is InChI=1S/C14H26N4O2S/c1-4-13(7-11-5-6-11)18-21(19,20)14-12(9-16-17-14)8-15-10(2)3/h9-11,13,15,18H,4-8H2,1-3H3,(H,16,17). The summed E-state index contributed by atoms with van der Waals surface area (Å²) in [4.78, 5) is 0. The number of aromatic nitrogens is 2. The number of hydrogen-bond acceptors (Lipinski definition) is 4. The van der Waals surface area contributed by atoms with E-state index >= 15 is 0 Å². The maximum absolute atomic E-state index is 12.5. The quantitative estimate of drug-likeness (QED) is 0.648. The molecule has 6 nitrogen and oxygen atoms in total. The van der Waals surface area contributed by atoms with Gasteiger partial charge in [0.15, 0.2) is 5.03 Å². The summed E-state index contributed by atoms with van der Waals surface area (Å²) < 4.78 is 27.9. The van der Waals surface area contributed by atoms with Gasteiger partial charge in [0.2, 0.25) is 0 Å². The van der Waals surface area contributed by atoms with Gasteiger partial charge in [0, 0.05) is 24.2 Å². The van der Waals surface area contributed by atoms with Crippen molar-refractivity contribution < 1.29 is 8.42 Å². The van der Waals surface area contributed by atoms with Crippen LogP contribution >= 0.6 is 0 Å². The molecule has 0 spiro atoms. The molecule has 2 rings (SSSR count). The van der Waals surface area contributed by atoms with E-state index < -0.39 is 10.0 Å². The smallest absolute Gasteiger partial charge is 0.258 e. The van der Waals surface area contributed by atoms with Crippen molar-refractivity contribution in [2.24, 2.45) is 5.92 Å². The van der Waals surface area contributed by atoms with Gasteiger partial charge in [0.05, 0.1) is 6.20 Å². The first-order valence-electron chi connectivity index (χ1n) is 7.70. The van der Waals surface area contributed by atoms with Gasteiger partial charge in [0.1, 0.15) is 0 Å². The Morgan fingerprint density at radius 2 is 2.14 bits per heavy atom. The van der Waals surface area contributed by atoms with Gasteiger partial charge >= 0.3 is 0 Å². The van der Waals surface area contributed by atoms with Gasteiger partial charge in [0.25, 0.3) is 10.0 Å². The van der Waals surface area contributed by atoms with Crippen LogP contribution in [0.25, 0.3) is 0 Å². The van der Waals surface area contributed by atoms with Crippen molar-refractivity contribution in [3.8, 4) is 0 Å². The molecule has 0 radical (unpaired) electrons. The third-order valence-corrected chi connectivity index (χ3v) is 5.31. The molecule has 1 saturated carbocycles. The number of hydrogen-bond donors (Lipinski definition) is 3. The van der Waals surface area contributed by atoms with Gasteiger partial charge in [-0.1, -0.05) is 33.6 Å². The van der Waals surface area contributed by atoms with Crippen LogP contribution in [0.1, 0.15) is 52.0 Å². The molecule has 3 N–H and O–H groups in total. The zero-order valence-corrected chi connectivity index (χ0v) is 13.8. The van der Waals surface area contributed by atoms with Gasteiger partial charge in [-0.05, 0) is 18.8 Å². The fourth-order valence-electron chi connectivity index (χ4n) is 2.30. The minimum Gasteiger partial charge on any atom is -0.310 e. The third-order valence-electron chi connectivity index (χ3n) is 3.78. The third kappa shape index (κ3) is 4.79. The molecule has 0 aromatic carbocycles. The molecule has 1 atom stereocenters. The van der Waals surface area contributed by atoms with Crippen molar-refractivity contribution in [3.05, 3.63) is 11.8 Å². The molecule has 1 aliphatic carbocycles. The number of nitrogens with zero attached hydrogens (tertiary/aromatic N) is 1. The molecule has 1 aromatic heterocycles. The molecule has 7 heteroatoms. The normalized spacial score (nSPS) is 17.3. The van der Waals surface area contributed by atoms with Crippen molar-refractivity contribution in [3.63, 3.8) is 0 Å². The number of rotatable bonds is 9. The zero-order valence-electron chi connectivity index (χ0n) is 13.0. The molecule has 0 bridgehead atoms. The Bertz CT molecular complexity index is 549. The van der Waals surface area contributed by atoms with E-state index in [9.17, 15) is 8.42 Å². The molecule has 0 saturated heterocycles. The van der Waals surface area contributed by atoms with E-state index in [1.807, 2.05) is 20.8 Å². The minimum atomic E-state index is -3.53. The topological polar surface area (TPSA) is 86.9 Å². The lowest BCUT2D eigenvalue weighted by Crippen LogP contribution is -2.35. The predicted molar refractivity (Wildman–Crippen MR) is 82.3 cm³/mol. The predicted octanol–water partition coefficient (Wildman–Crippen LogP) is 1.76. The SMILES string of the molecule is CCC(CC1CC1)NS(=O)(=O)c1[nH]ncc1CNC(C)C. The van der Waals surface area contributed by atoms with E-state index in [0.717, 1.165) is 12.8 Å². The Balaban J connectivity index is 2.05. The van der Waals surface area contributed by atoms with Crippen molar-refractivity contribution in [1.29, 1.82) is 0 Å². The maximum atomic E-state index is 12.5. The average Bonchev–Trinajstić information content (AvgIpc) is 3.09. The summed E-state index contributed by atoms with van der Waals surface area (Å²) in [6.07, 6.45) is 5.77. The Morgan fingerprint density at radius 1 is 1.43 bits per heavy atom. The summed E-state index contributed by atoms with van der Waals surface area (Å²) in [5, 5.41) is 9.92. The second-order valence-electron chi connectivity index (χ2n) is 6.17. The lowest BCUT2D eigenvalue weighted by atomic mass is 10.1. The van der Waals surface area contributed by atoms with Crippen LogP contribution in [0.5, 0.6) is 0 Å². The van der Waals surface area contributed by atoms with Crippen LogP contribution < -0.4 is 10.0 Å². The average molecular weight is 314 g/mol. The highest BCUT2D eigenvalue weighted by atomic mass is 32.2. The zero-order chi connectivity index (χ0) is 15.5. The van der Waals surface area contributed by atoms with Gasteiger partial charge < -0.3 is 5.32 Å². The number of sulfonamides is 1. The molecule has 1 unspecified atom stereocenters. The molecule has 120 valence electrons. The number of nitrogens with one attached hydrogen (secondary N) is 3. The lowest BCUT2D eigenvalue weighted by Gasteiger charge is -2.17. The Kier molecular flexibility index (Phi) is 5.40. The molecular weight excluding hydrogens is 288 g/mol. The van der Waals surface area contributed by atoms with Crippen molar-refractivity contribution >= 4 is 10.0 Å². The van der Waals surface area contributed by atoms with E-state index in [1.54, 1.807) is 6.20 Å². The van der Waals surface area contributed by atoms with Gasteiger partial charge in [-0.2, -0.15) is 5.10 Å². The molecule has 1 fully saturated rings. The highest BCUT2D eigenvalue weighted by Crippen LogP contribution is 2.34. The fourth-order valence-corrected chi connectivity index (χ4v) is 3.77. The van der Waals surface area contributed by atoms with Crippen LogP contribution in [-0.2, 0) is 16.6 Å². The number of H-pyrrole nitrogens is 1. The minimum absolute atomic E-state index is 0.0108. The van der Waals surface area contributed by atoms with E-state index in [0.29, 0.717) is 24.1 Å². The maximum Gasteiger partial charge on any atom is 0.258 e. The van der Waals surface area contributed by atoms with E-state index in [2.05, 4.69) is 20.2 Å². The Labute approximate surface area is 127 Å². The van der Waals surface area contributed by atoms with Crippen LogP contribution in [0.2, 0.25) is 0 Å². The fraction of sp³-hybridized carbons (Fsp3) is 0.786. The van der Waals surface area contributed by atoms with Crippen LogP contribution in [0.15, 0.2) is 11.2 Å². The first kappa shape index (κ1) is 16.5. The number of aromatic amines is 1. The highest BCUT2D eigenvalue weighted by Gasteiger charge is 2.29. The summed E-state index contributed by atoms with van der Waals surface area (Å²) in [5.41, 5.74) is 0.678. The van der Waals surface area contributed by atoms with E-state index in [-0.39, 0.29) is 11.1 Å². The Hall–Kier alpha value is -0.920. The summed E-state index contributed by atoms with van der Waals surface area (Å²) in [6, 6.07) is 0.304. The van der Waals surface area contributed by atoms with Crippen molar-refractivity contribution in [2.75, 3.05) is 0 Å². The van der Waals surface area contributed by atoms with Crippen LogP contribution in [0.3, 0.4) is 0 Å². The molecule has 0 amide bonds. The van der Waals surface area contributed by atoms with Gasteiger partial charge in [-0.15, -0.1) is 0 Å². The molecule has 0 aliphatic heterocycles. The lowest BCUT2D eigenvalue weighted by molar-refractivity contribution is 0.492.